The predicted octanol–water partition coefficient (Wildman–Crippen LogP) is 1.95. The number of methoxy groups -OCH3 is 2. The minimum atomic E-state index is 0. The zero-order valence-electron chi connectivity index (χ0n) is 13.1. The molecule has 2 aliphatic heterocycles. The van der Waals surface area contributed by atoms with E-state index in [2.05, 4.69) is 5.32 Å². The van der Waals surface area contributed by atoms with Gasteiger partial charge < -0.3 is 19.7 Å². The summed E-state index contributed by atoms with van der Waals surface area (Å²) < 4.78 is 10.6. The fourth-order valence-electron chi connectivity index (χ4n) is 3.40. The van der Waals surface area contributed by atoms with Crippen molar-refractivity contribution in [2.75, 3.05) is 40.4 Å². The van der Waals surface area contributed by atoms with Gasteiger partial charge in [-0.25, -0.2) is 0 Å². The van der Waals surface area contributed by atoms with Crippen molar-refractivity contribution in [2.24, 2.45) is 5.41 Å². The molecule has 2 heterocycles. The van der Waals surface area contributed by atoms with Crippen molar-refractivity contribution in [3.05, 3.63) is 23.8 Å². The topological polar surface area (TPSA) is 50.8 Å². The summed E-state index contributed by atoms with van der Waals surface area (Å²) in [5, 5.41) is 3.41. The lowest BCUT2D eigenvalue weighted by Crippen LogP contribution is -2.33. The molecule has 22 heavy (non-hydrogen) atoms. The number of rotatable bonds is 3. The maximum Gasteiger partial charge on any atom is 0.257 e. The van der Waals surface area contributed by atoms with E-state index < -0.39 is 0 Å². The van der Waals surface area contributed by atoms with E-state index in [1.54, 1.807) is 26.4 Å². The number of nitrogens with one attached hydrogen (secondary N) is 1. The van der Waals surface area contributed by atoms with Crippen LogP contribution >= 0.6 is 12.4 Å². The summed E-state index contributed by atoms with van der Waals surface area (Å²) in [6.07, 6.45) is 2.24. The molecule has 1 amide bonds. The average Bonchev–Trinajstić information content (AvgIpc) is 3.16. The summed E-state index contributed by atoms with van der Waals surface area (Å²) in [4.78, 5) is 14.8. The van der Waals surface area contributed by atoms with Gasteiger partial charge in [0.05, 0.1) is 19.8 Å². The molecule has 0 saturated carbocycles. The molecule has 122 valence electrons. The quantitative estimate of drug-likeness (QED) is 0.922. The lowest BCUT2D eigenvalue weighted by molar-refractivity contribution is 0.0772. The molecule has 2 aliphatic rings. The number of halogens is 1. The molecule has 0 aliphatic carbocycles. The van der Waals surface area contributed by atoms with Crippen molar-refractivity contribution in [1.29, 1.82) is 0 Å². The maximum atomic E-state index is 12.8. The molecule has 1 aromatic carbocycles. The average molecular weight is 327 g/mol. The lowest BCUT2D eigenvalue weighted by atomic mass is 9.86. The molecule has 0 aromatic heterocycles. The highest BCUT2D eigenvalue weighted by atomic mass is 35.5. The second-order valence-electron chi connectivity index (χ2n) is 5.97. The molecule has 1 aromatic rings. The second kappa shape index (κ2) is 6.75. The Balaban J connectivity index is 0.00000176. The lowest BCUT2D eigenvalue weighted by Gasteiger charge is -2.23. The zero-order valence-corrected chi connectivity index (χ0v) is 13.9. The van der Waals surface area contributed by atoms with Crippen LogP contribution in [-0.2, 0) is 0 Å². The van der Waals surface area contributed by atoms with E-state index in [4.69, 9.17) is 9.47 Å². The number of hydrogen-bond acceptors (Lipinski definition) is 4. The molecular formula is C16H23ClN2O3. The van der Waals surface area contributed by atoms with Crippen LogP contribution in [0.15, 0.2) is 18.2 Å². The van der Waals surface area contributed by atoms with E-state index in [-0.39, 0.29) is 23.7 Å². The van der Waals surface area contributed by atoms with Gasteiger partial charge in [-0.1, -0.05) is 0 Å². The summed E-state index contributed by atoms with van der Waals surface area (Å²) in [5.41, 5.74) is 0.863. The first-order valence-electron chi connectivity index (χ1n) is 7.39. The van der Waals surface area contributed by atoms with Crippen LogP contribution in [0.3, 0.4) is 0 Å². The van der Waals surface area contributed by atoms with Gasteiger partial charge in [0, 0.05) is 25.0 Å². The van der Waals surface area contributed by atoms with Crippen molar-refractivity contribution >= 4 is 18.3 Å². The number of likely N-dealkylation sites (tertiary alicyclic amines) is 1. The van der Waals surface area contributed by atoms with Gasteiger partial charge >= 0.3 is 0 Å². The molecule has 0 bridgehead atoms. The van der Waals surface area contributed by atoms with Gasteiger partial charge in [-0.15, -0.1) is 12.4 Å². The van der Waals surface area contributed by atoms with Crippen LogP contribution in [0.1, 0.15) is 23.2 Å². The molecule has 1 unspecified atom stereocenters. The summed E-state index contributed by atoms with van der Waals surface area (Å²) in [6, 6.07) is 5.36. The van der Waals surface area contributed by atoms with Gasteiger partial charge in [-0.05, 0) is 37.6 Å². The standard InChI is InChI=1S/C16H22N2O3.ClH/c1-20-12-3-4-14(21-2)13(9-12)15(19)18-8-6-16(11-18)5-7-17-10-16;/h3-4,9,17H,5-8,10-11H2,1-2H3;1H. The van der Waals surface area contributed by atoms with Crippen molar-refractivity contribution in [1.82, 2.24) is 10.2 Å². The molecule has 6 heteroatoms. The number of amides is 1. The first-order chi connectivity index (χ1) is 10.2. The number of carbonyl (C=O) groups is 1. The fourth-order valence-corrected chi connectivity index (χ4v) is 3.40. The molecule has 3 rings (SSSR count). The summed E-state index contributed by atoms with van der Waals surface area (Å²) in [5.74, 6) is 1.32. The minimum Gasteiger partial charge on any atom is -0.497 e. The Labute approximate surface area is 137 Å². The number of ether oxygens (including phenoxy) is 2. The number of carbonyl (C=O) groups excluding carboxylic acids is 1. The number of benzene rings is 1. The largest absolute Gasteiger partial charge is 0.497 e. The van der Waals surface area contributed by atoms with Crippen molar-refractivity contribution in [3.63, 3.8) is 0 Å². The van der Waals surface area contributed by atoms with Gasteiger partial charge in [-0.2, -0.15) is 0 Å². The summed E-state index contributed by atoms with van der Waals surface area (Å²) >= 11 is 0. The zero-order chi connectivity index (χ0) is 14.9. The van der Waals surface area contributed by atoms with E-state index >= 15 is 0 Å². The highest BCUT2D eigenvalue weighted by Crippen LogP contribution is 2.37. The van der Waals surface area contributed by atoms with Crippen molar-refractivity contribution in [2.45, 2.75) is 12.8 Å². The van der Waals surface area contributed by atoms with Crippen LogP contribution in [-0.4, -0.2) is 51.2 Å². The van der Waals surface area contributed by atoms with Gasteiger partial charge in [0.2, 0.25) is 0 Å². The molecular weight excluding hydrogens is 304 g/mol. The van der Waals surface area contributed by atoms with Crippen LogP contribution in [0.5, 0.6) is 11.5 Å². The molecule has 0 radical (unpaired) electrons. The van der Waals surface area contributed by atoms with Crippen LogP contribution in [0, 0.1) is 5.41 Å². The number of hydrogen-bond donors (Lipinski definition) is 1. The van der Waals surface area contributed by atoms with Gasteiger partial charge in [0.15, 0.2) is 0 Å². The first-order valence-corrected chi connectivity index (χ1v) is 7.39. The monoisotopic (exact) mass is 326 g/mol. The molecule has 1 N–H and O–H groups in total. The van der Waals surface area contributed by atoms with E-state index in [1.165, 1.54) is 0 Å². The Morgan fingerprint density at radius 2 is 2.09 bits per heavy atom. The van der Waals surface area contributed by atoms with E-state index in [1.807, 2.05) is 11.0 Å². The molecule has 5 nitrogen and oxygen atoms in total. The molecule has 1 spiro atoms. The van der Waals surface area contributed by atoms with Gasteiger partial charge in [0.25, 0.3) is 5.91 Å². The van der Waals surface area contributed by atoms with E-state index in [9.17, 15) is 4.79 Å². The Morgan fingerprint density at radius 3 is 2.73 bits per heavy atom. The third kappa shape index (κ3) is 3.01. The Bertz CT molecular complexity index is 544. The Kier molecular flexibility index (Phi) is 5.19. The summed E-state index contributed by atoms with van der Waals surface area (Å²) in [6.45, 7) is 3.73. The maximum absolute atomic E-state index is 12.8. The SMILES string of the molecule is COc1ccc(OC)c(C(=O)N2CCC3(CCNC3)C2)c1.Cl. The third-order valence-corrected chi connectivity index (χ3v) is 4.69. The Hall–Kier alpha value is -1.46. The molecule has 1 atom stereocenters. The fraction of sp³-hybridized carbons (Fsp3) is 0.562. The van der Waals surface area contributed by atoms with Crippen LogP contribution in [0.25, 0.3) is 0 Å². The Morgan fingerprint density at radius 1 is 1.27 bits per heavy atom. The van der Waals surface area contributed by atoms with E-state index in [0.717, 1.165) is 39.0 Å². The van der Waals surface area contributed by atoms with Gasteiger partial charge in [0.1, 0.15) is 11.5 Å². The smallest absolute Gasteiger partial charge is 0.257 e. The molecule has 2 saturated heterocycles. The van der Waals surface area contributed by atoms with Crippen molar-refractivity contribution in [3.8, 4) is 11.5 Å². The third-order valence-electron chi connectivity index (χ3n) is 4.69. The van der Waals surface area contributed by atoms with Crippen LogP contribution in [0.2, 0.25) is 0 Å². The normalized spacial score (nSPS) is 23.5. The minimum absolute atomic E-state index is 0. The number of nitrogens with zero attached hydrogens (tertiary/aromatic N) is 1. The second-order valence-corrected chi connectivity index (χ2v) is 5.97. The van der Waals surface area contributed by atoms with Crippen LogP contribution < -0.4 is 14.8 Å². The van der Waals surface area contributed by atoms with Crippen LogP contribution in [0.4, 0.5) is 0 Å². The van der Waals surface area contributed by atoms with Crippen molar-refractivity contribution < 1.29 is 14.3 Å². The first kappa shape index (κ1) is 16.9. The van der Waals surface area contributed by atoms with Gasteiger partial charge in [-0.3, -0.25) is 4.79 Å². The highest BCUT2D eigenvalue weighted by Gasteiger charge is 2.42. The molecule has 2 fully saturated rings. The van der Waals surface area contributed by atoms with E-state index in [0.29, 0.717) is 17.1 Å². The summed E-state index contributed by atoms with van der Waals surface area (Å²) in [7, 11) is 3.19. The predicted molar refractivity (Wildman–Crippen MR) is 87.2 cm³/mol. The highest BCUT2D eigenvalue weighted by molar-refractivity contribution is 5.97.